The minimum atomic E-state index is 0.818. The number of fused-ring (bicyclic) bond motifs is 3. The number of nitrogens with zero attached hydrogens (tertiary/aromatic N) is 4. The van der Waals surface area contributed by atoms with Gasteiger partial charge in [-0.25, -0.2) is 0 Å². The second-order valence-corrected chi connectivity index (χ2v) is 11.0. The number of hydrogen-bond acceptors (Lipinski definition) is 3. The second-order valence-electron chi connectivity index (χ2n) is 10.5. The first-order chi connectivity index (χ1) is 20.3. The molecule has 0 aliphatic heterocycles. The molecule has 41 heavy (non-hydrogen) atoms. The van der Waals surface area contributed by atoms with E-state index >= 15 is 0 Å². The van der Waals surface area contributed by atoms with E-state index in [1.54, 1.807) is 0 Å². The van der Waals surface area contributed by atoms with Crippen LogP contribution in [0.25, 0.3) is 55.1 Å². The van der Waals surface area contributed by atoms with Crippen molar-refractivity contribution in [3.8, 4) is 22.3 Å². The van der Waals surface area contributed by atoms with Gasteiger partial charge in [-0.3, -0.25) is 0 Å². The lowest BCUT2D eigenvalue weighted by atomic mass is 9.97. The van der Waals surface area contributed by atoms with Crippen LogP contribution >= 0.6 is 11.7 Å². The van der Waals surface area contributed by atoms with Crippen LogP contribution in [0.4, 0.5) is 0 Å². The van der Waals surface area contributed by atoms with Crippen LogP contribution < -0.4 is 0 Å². The van der Waals surface area contributed by atoms with Crippen molar-refractivity contribution >= 4 is 44.6 Å². The van der Waals surface area contributed by atoms with Crippen LogP contribution in [0.1, 0.15) is 11.1 Å². The molecule has 0 N–H and O–H groups in total. The summed E-state index contributed by atoms with van der Waals surface area (Å²) in [4.78, 5) is 0. The maximum absolute atomic E-state index is 4.85. The molecule has 5 heteroatoms. The monoisotopic (exact) mass is 546 g/mol. The summed E-state index contributed by atoms with van der Waals surface area (Å²) in [5.41, 5.74) is 11.5. The molecule has 0 fully saturated rings. The van der Waals surface area contributed by atoms with Gasteiger partial charge in [0.25, 0.3) is 0 Å². The molecule has 0 saturated heterocycles. The molecule has 0 radical (unpaired) electrons. The van der Waals surface area contributed by atoms with Gasteiger partial charge in [-0.2, -0.15) is 8.75 Å². The summed E-state index contributed by atoms with van der Waals surface area (Å²) in [5, 5.41) is 2.45. The highest BCUT2D eigenvalue weighted by Gasteiger charge is 2.20. The fraction of sp³-hybridized carbons (Fsp3) is 0.0556. The SMILES string of the molecule is c1ccc(Cn2cc(-c3ccc(-c4cn(Cc5ccccc5)c5ccccc45)c4nsnc34)c3ccccc32)cc1. The summed E-state index contributed by atoms with van der Waals surface area (Å²) in [7, 11) is 0. The largest absolute Gasteiger partial charge is 0.342 e. The van der Waals surface area contributed by atoms with Crippen LogP contribution in [-0.2, 0) is 13.1 Å². The van der Waals surface area contributed by atoms with Crippen LogP contribution in [-0.4, -0.2) is 17.9 Å². The summed E-state index contributed by atoms with van der Waals surface area (Å²) in [5.74, 6) is 0. The number of benzene rings is 5. The average Bonchev–Trinajstić information content (AvgIpc) is 3.75. The van der Waals surface area contributed by atoms with Crippen LogP contribution in [0.3, 0.4) is 0 Å². The summed E-state index contributed by atoms with van der Waals surface area (Å²) in [6.45, 7) is 1.64. The molecule has 3 aromatic heterocycles. The third-order valence-electron chi connectivity index (χ3n) is 7.96. The number of rotatable bonds is 6. The Hall–Kier alpha value is -5.00. The second kappa shape index (κ2) is 9.88. The molecule has 0 aliphatic carbocycles. The fourth-order valence-electron chi connectivity index (χ4n) is 6.05. The zero-order chi connectivity index (χ0) is 27.2. The van der Waals surface area contributed by atoms with E-state index in [0.29, 0.717) is 0 Å². The molecule has 0 bridgehead atoms. The van der Waals surface area contributed by atoms with Crippen LogP contribution in [0.5, 0.6) is 0 Å². The van der Waals surface area contributed by atoms with Crippen molar-refractivity contribution in [1.82, 2.24) is 17.9 Å². The molecule has 0 spiro atoms. The lowest BCUT2D eigenvalue weighted by Crippen LogP contribution is -1.97. The smallest absolute Gasteiger partial charge is 0.113 e. The van der Waals surface area contributed by atoms with Gasteiger partial charge in [0.2, 0.25) is 0 Å². The molecule has 3 heterocycles. The zero-order valence-electron chi connectivity index (χ0n) is 22.3. The number of aromatic nitrogens is 4. The first-order valence-electron chi connectivity index (χ1n) is 13.8. The molecule has 8 aromatic rings. The summed E-state index contributed by atoms with van der Waals surface area (Å²) in [6.07, 6.45) is 4.55. The van der Waals surface area contributed by atoms with Crippen molar-refractivity contribution in [2.75, 3.05) is 0 Å². The maximum Gasteiger partial charge on any atom is 0.113 e. The van der Waals surface area contributed by atoms with Gasteiger partial charge in [0.05, 0.1) is 11.7 Å². The Morgan fingerprint density at radius 3 is 1.32 bits per heavy atom. The van der Waals surface area contributed by atoms with E-state index in [1.807, 2.05) is 0 Å². The maximum atomic E-state index is 4.85. The molecule has 0 saturated carbocycles. The Balaban J connectivity index is 1.27. The van der Waals surface area contributed by atoms with Crippen LogP contribution in [0, 0.1) is 0 Å². The highest BCUT2D eigenvalue weighted by atomic mass is 32.1. The molecule has 4 nitrogen and oxygen atoms in total. The Morgan fingerprint density at radius 1 is 0.439 bits per heavy atom. The topological polar surface area (TPSA) is 35.6 Å². The predicted octanol–water partition coefficient (Wildman–Crippen LogP) is 9.03. The Bertz CT molecular complexity index is 2000. The number of hydrogen-bond donors (Lipinski definition) is 0. The van der Waals surface area contributed by atoms with Crippen LogP contribution in [0.2, 0.25) is 0 Å². The van der Waals surface area contributed by atoms with Crippen molar-refractivity contribution in [3.63, 3.8) is 0 Å². The van der Waals surface area contributed by atoms with E-state index in [9.17, 15) is 0 Å². The fourth-order valence-corrected chi connectivity index (χ4v) is 6.62. The highest BCUT2D eigenvalue weighted by Crippen LogP contribution is 2.40. The Morgan fingerprint density at radius 2 is 0.854 bits per heavy atom. The van der Waals surface area contributed by atoms with Gasteiger partial charge in [0.15, 0.2) is 0 Å². The third kappa shape index (κ3) is 4.14. The Labute approximate surface area is 242 Å². The van der Waals surface area contributed by atoms with E-state index in [-0.39, 0.29) is 0 Å². The van der Waals surface area contributed by atoms with Crippen molar-refractivity contribution in [1.29, 1.82) is 0 Å². The number of para-hydroxylation sites is 2. The van der Waals surface area contributed by atoms with Crippen molar-refractivity contribution in [3.05, 3.63) is 145 Å². The molecular formula is C36H26N4S. The molecule has 196 valence electrons. The molecule has 0 amide bonds. The van der Waals surface area contributed by atoms with Gasteiger partial charge >= 0.3 is 0 Å². The van der Waals surface area contributed by atoms with Gasteiger partial charge in [0, 0.05) is 69.5 Å². The average molecular weight is 547 g/mol. The summed E-state index contributed by atoms with van der Waals surface area (Å²) in [6, 6.07) is 43.0. The molecular weight excluding hydrogens is 520 g/mol. The van der Waals surface area contributed by atoms with E-state index in [2.05, 4.69) is 143 Å². The zero-order valence-corrected chi connectivity index (χ0v) is 23.1. The predicted molar refractivity (Wildman–Crippen MR) is 170 cm³/mol. The van der Waals surface area contributed by atoms with Crippen molar-refractivity contribution in [2.45, 2.75) is 13.1 Å². The van der Waals surface area contributed by atoms with E-state index in [1.165, 1.54) is 55.8 Å². The van der Waals surface area contributed by atoms with Gasteiger partial charge in [0.1, 0.15) is 11.0 Å². The highest BCUT2D eigenvalue weighted by molar-refractivity contribution is 7.00. The minimum Gasteiger partial charge on any atom is -0.342 e. The van der Waals surface area contributed by atoms with Gasteiger partial charge < -0.3 is 9.13 Å². The van der Waals surface area contributed by atoms with Gasteiger partial charge in [-0.05, 0) is 23.3 Å². The normalized spacial score (nSPS) is 11.6. The molecule has 0 unspecified atom stereocenters. The van der Waals surface area contributed by atoms with Crippen molar-refractivity contribution in [2.24, 2.45) is 0 Å². The quantitative estimate of drug-likeness (QED) is 0.209. The first-order valence-corrected chi connectivity index (χ1v) is 14.6. The van der Waals surface area contributed by atoms with E-state index in [0.717, 1.165) is 35.2 Å². The molecule has 0 aliphatic rings. The molecule has 5 aromatic carbocycles. The lowest BCUT2D eigenvalue weighted by Gasteiger charge is -2.06. The van der Waals surface area contributed by atoms with E-state index < -0.39 is 0 Å². The first kappa shape index (κ1) is 23.9. The summed E-state index contributed by atoms with van der Waals surface area (Å²) >= 11 is 1.29. The van der Waals surface area contributed by atoms with Crippen molar-refractivity contribution < 1.29 is 0 Å². The summed E-state index contributed by atoms with van der Waals surface area (Å²) < 4.78 is 14.4. The molecule has 8 rings (SSSR count). The standard InChI is InChI=1S/C36H26N4S/c1-3-11-25(12-4-1)21-39-23-31(27-15-7-9-17-33(27)39)29-19-20-30(36-35(29)37-41-38-36)32-24-40(22-26-13-5-2-6-14-26)34-18-10-8-16-28(32)34/h1-20,23-24H,21-22H2. The van der Waals surface area contributed by atoms with E-state index in [4.69, 9.17) is 8.75 Å². The molecule has 0 atom stereocenters. The Kier molecular flexibility index (Phi) is 5.75. The van der Waals surface area contributed by atoms with Gasteiger partial charge in [-0.15, -0.1) is 0 Å². The lowest BCUT2D eigenvalue weighted by molar-refractivity contribution is 0.837. The third-order valence-corrected chi connectivity index (χ3v) is 8.49. The van der Waals surface area contributed by atoms with Gasteiger partial charge in [-0.1, -0.05) is 109 Å². The minimum absolute atomic E-state index is 0.818. The van der Waals surface area contributed by atoms with Crippen LogP contribution in [0.15, 0.2) is 134 Å².